The summed E-state index contributed by atoms with van der Waals surface area (Å²) in [4.78, 5) is 0. The Labute approximate surface area is 139 Å². The molecule has 0 radical (unpaired) electrons. The first-order valence-electron chi connectivity index (χ1n) is 10.1. The highest BCUT2D eigenvalue weighted by atomic mass is 16.3. The summed E-state index contributed by atoms with van der Waals surface area (Å²) in [6, 6.07) is 0. The molecule has 0 amide bonds. The van der Waals surface area contributed by atoms with Crippen LogP contribution in [0.25, 0.3) is 0 Å². The Hall–Kier alpha value is -0.0800. The van der Waals surface area contributed by atoms with Crippen LogP contribution in [-0.4, -0.2) is 22.4 Å². The first kappa shape index (κ1) is 21.9. The lowest BCUT2D eigenvalue weighted by atomic mass is 10.0. The molecular weight excluding hydrogens is 272 g/mol. The Morgan fingerprint density at radius 1 is 0.500 bits per heavy atom. The van der Waals surface area contributed by atoms with E-state index in [2.05, 4.69) is 6.92 Å². The average molecular weight is 315 g/mol. The molecule has 0 aliphatic heterocycles. The predicted molar refractivity (Wildman–Crippen MR) is 97.2 cm³/mol. The fourth-order valence-corrected chi connectivity index (χ4v) is 2.98. The topological polar surface area (TPSA) is 40.5 Å². The second kappa shape index (κ2) is 17.3. The van der Waals surface area contributed by atoms with Gasteiger partial charge in [-0.3, -0.25) is 0 Å². The summed E-state index contributed by atoms with van der Waals surface area (Å²) in [5.74, 6) is 0. The van der Waals surface area contributed by atoms with Gasteiger partial charge in [0.1, 0.15) is 0 Å². The first-order chi connectivity index (χ1) is 10.7. The molecule has 22 heavy (non-hydrogen) atoms. The van der Waals surface area contributed by atoms with Crippen molar-refractivity contribution in [2.75, 3.05) is 0 Å². The summed E-state index contributed by atoms with van der Waals surface area (Å²) in [6.45, 7) is 4.29. The van der Waals surface area contributed by atoms with E-state index in [1.807, 2.05) is 6.92 Å². The summed E-state index contributed by atoms with van der Waals surface area (Å²) < 4.78 is 0. The third-order valence-corrected chi connectivity index (χ3v) is 4.69. The first-order valence-corrected chi connectivity index (χ1v) is 10.1. The fraction of sp³-hybridized carbons (Fsp3) is 1.00. The van der Waals surface area contributed by atoms with Crippen LogP contribution in [0, 0.1) is 0 Å². The molecule has 0 saturated heterocycles. The van der Waals surface area contributed by atoms with Gasteiger partial charge >= 0.3 is 0 Å². The van der Waals surface area contributed by atoms with Crippen molar-refractivity contribution in [1.82, 2.24) is 0 Å². The van der Waals surface area contributed by atoms with Crippen molar-refractivity contribution < 1.29 is 10.2 Å². The van der Waals surface area contributed by atoms with E-state index in [0.29, 0.717) is 0 Å². The summed E-state index contributed by atoms with van der Waals surface area (Å²) in [5, 5.41) is 19.4. The van der Waals surface area contributed by atoms with Gasteiger partial charge in [-0.2, -0.15) is 0 Å². The number of aliphatic hydroxyl groups excluding tert-OH is 2. The van der Waals surface area contributed by atoms with E-state index >= 15 is 0 Å². The van der Waals surface area contributed by atoms with Gasteiger partial charge in [-0.05, 0) is 25.7 Å². The normalized spacial score (nSPS) is 14.2. The summed E-state index contributed by atoms with van der Waals surface area (Å²) in [7, 11) is 0. The lowest BCUT2D eigenvalue weighted by Crippen LogP contribution is -2.08. The molecule has 0 rings (SSSR count). The zero-order valence-electron chi connectivity index (χ0n) is 15.4. The highest BCUT2D eigenvalue weighted by Gasteiger charge is 2.05. The zero-order valence-corrected chi connectivity index (χ0v) is 15.4. The maximum atomic E-state index is 9.93. The fourth-order valence-electron chi connectivity index (χ4n) is 2.98. The SMILES string of the molecule is CCCCCCCCCCCCC(O)CCCCC(O)CC. The van der Waals surface area contributed by atoms with Crippen LogP contribution in [0.2, 0.25) is 0 Å². The standard InChI is InChI=1S/C20H42O2/c1-3-5-6-7-8-9-10-11-12-13-17-20(22)18-15-14-16-19(21)4-2/h19-22H,3-18H2,1-2H3. The molecule has 0 aromatic rings. The monoisotopic (exact) mass is 314 g/mol. The quantitative estimate of drug-likeness (QED) is 0.324. The number of aliphatic hydroxyl groups is 2. The van der Waals surface area contributed by atoms with Crippen molar-refractivity contribution in [3.05, 3.63) is 0 Å². The average Bonchev–Trinajstić information content (AvgIpc) is 2.53. The van der Waals surface area contributed by atoms with Crippen molar-refractivity contribution in [2.45, 2.75) is 129 Å². The van der Waals surface area contributed by atoms with E-state index in [-0.39, 0.29) is 12.2 Å². The van der Waals surface area contributed by atoms with Crippen LogP contribution >= 0.6 is 0 Å². The molecule has 0 aliphatic carbocycles. The summed E-state index contributed by atoms with van der Waals surface area (Å²) in [5.41, 5.74) is 0. The summed E-state index contributed by atoms with van der Waals surface area (Å²) >= 11 is 0. The molecule has 2 heteroatoms. The van der Waals surface area contributed by atoms with Crippen molar-refractivity contribution in [3.63, 3.8) is 0 Å². The maximum Gasteiger partial charge on any atom is 0.0540 e. The molecule has 0 aromatic carbocycles. The van der Waals surface area contributed by atoms with Gasteiger partial charge < -0.3 is 10.2 Å². The maximum absolute atomic E-state index is 9.93. The van der Waals surface area contributed by atoms with Gasteiger partial charge in [0, 0.05) is 0 Å². The molecule has 0 aliphatic rings. The van der Waals surface area contributed by atoms with E-state index in [1.54, 1.807) is 0 Å². The molecule has 0 saturated carbocycles. The third kappa shape index (κ3) is 16.3. The number of hydrogen-bond acceptors (Lipinski definition) is 2. The minimum atomic E-state index is -0.140. The largest absolute Gasteiger partial charge is 0.393 e. The highest BCUT2D eigenvalue weighted by Crippen LogP contribution is 2.14. The van der Waals surface area contributed by atoms with Gasteiger partial charge in [-0.1, -0.05) is 90.9 Å². The minimum Gasteiger partial charge on any atom is -0.393 e. The molecule has 0 heterocycles. The Morgan fingerprint density at radius 3 is 1.32 bits per heavy atom. The Kier molecular flexibility index (Phi) is 17.2. The number of hydrogen-bond donors (Lipinski definition) is 2. The van der Waals surface area contributed by atoms with Crippen LogP contribution in [-0.2, 0) is 0 Å². The third-order valence-electron chi connectivity index (χ3n) is 4.69. The van der Waals surface area contributed by atoms with Crippen LogP contribution in [0.4, 0.5) is 0 Å². The second-order valence-electron chi connectivity index (χ2n) is 6.97. The summed E-state index contributed by atoms with van der Waals surface area (Å²) in [6.07, 6.45) is 19.0. The van der Waals surface area contributed by atoms with E-state index in [4.69, 9.17) is 0 Å². The smallest absolute Gasteiger partial charge is 0.0540 e. The van der Waals surface area contributed by atoms with E-state index in [1.165, 1.54) is 64.2 Å². The van der Waals surface area contributed by atoms with Crippen LogP contribution in [0.15, 0.2) is 0 Å². The number of unbranched alkanes of at least 4 members (excludes halogenated alkanes) is 10. The zero-order chi connectivity index (χ0) is 16.5. The highest BCUT2D eigenvalue weighted by molar-refractivity contribution is 4.59. The molecule has 0 spiro atoms. The van der Waals surface area contributed by atoms with Crippen LogP contribution in [0.5, 0.6) is 0 Å². The lowest BCUT2D eigenvalue weighted by molar-refractivity contribution is 0.135. The van der Waals surface area contributed by atoms with Crippen molar-refractivity contribution >= 4 is 0 Å². The second-order valence-corrected chi connectivity index (χ2v) is 6.97. The molecule has 2 nitrogen and oxygen atoms in total. The predicted octanol–water partition coefficient (Wildman–Crippen LogP) is 5.99. The van der Waals surface area contributed by atoms with Gasteiger partial charge in [0.15, 0.2) is 0 Å². The van der Waals surface area contributed by atoms with E-state index in [0.717, 1.165) is 38.5 Å². The Balaban J connectivity index is 3.16. The van der Waals surface area contributed by atoms with Gasteiger partial charge in [-0.15, -0.1) is 0 Å². The Bertz CT molecular complexity index is 206. The lowest BCUT2D eigenvalue weighted by Gasteiger charge is -2.11. The van der Waals surface area contributed by atoms with Gasteiger partial charge in [-0.25, -0.2) is 0 Å². The van der Waals surface area contributed by atoms with Crippen LogP contribution in [0.3, 0.4) is 0 Å². The van der Waals surface area contributed by atoms with Gasteiger partial charge in [0.25, 0.3) is 0 Å². The van der Waals surface area contributed by atoms with E-state index in [9.17, 15) is 10.2 Å². The minimum absolute atomic E-state index is 0.118. The van der Waals surface area contributed by atoms with Crippen LogP contribution < -0.4 is 0 Å². The molecule has 2 unspecified atom stereocenters. The molecule has 0 fully saturated rings. The molecule has 0 bridgehead atoms. The molecule has 2 N–H and O–H groups in total. The molecule has 2 atom stereocenters. The van der Waals surface area contributed by atoms with Gasteiger partial charge in [0.05, 0.1) is 12.2 Å². The van der Waals surface area contributed by atoms with Crippen LogP contribution in [0.1, 0.15) is 117 Å². The molecule has 134 valence electrons. The Morgan fingerprint density at radius 2 is 0.864 bits per heavy atom. The van der Waals surface area contributed by atoms with E-state index < -0.39 is 0 Å². The van der Waals surface area contributed by atoms with Crippen molar-refractivity contribution in [3.8, 4) is 0 Å². The van der Waals surface area contributed by atoms with Gasteiger partial charge in [0.2, 0.25) is 0 Å². The number of rotatable bonds is 17. The molecule has 0 aromatic heterocycles. The van der Waals surface area contributed by atoms with Crippen molar-refractivity contribution in [1.29, 1.82) is 0 Å². The van der Waals surface area contributed by atoms with Crippen molar-refractivity contribution in [2.24, 2.45) is 0 Å². The molecular formula is C20H42O2.